The second-order valence-electron chi connectivity index (χ2n) is 11.1. The number of likely N-dealkylation sites (tertiary alicyclic amines) is 1. The van der Waals surface area contributed by atoms with Crippen molar-refractivity contribution in [1.82, 2.24) is 19.9 Å². The van der Waals surface area contributed by atoms with E-state index in [2.05, 4.69) is 21.8 Å². The summed E-state index contributed by atoms with van der Waals surface area (Å²) in [7, 11) is 1.34. The van der Waals surface area contributed by atoms with Gasteiger partial charge in [0, 0.05) is 24.3 Å². The van der Waals surface area contributed by atoms with Crippen molar-refractivity contribution in [2.45, 2.75) is 49.8 Å². The highest BCUT2D eigenvalue weighted by Crippen LogP contribution is 2.51. The van der Waals surface area contributed by atoms with Gasteiger partial charge in [-0.1, -0.05) is 53.7 Å². The van der Waals surface area contributed by atoms with Gasteiger partial charge in [-0.3, -0.25) is 14.3 Å². The van der Waals surface area contributed by atoms with Gasteiger partial charge >= 0.3 is 5.97 Å². The molecular weight excluding hydrogens is 508 g/mol. The molecule has 1 unspecified atom stereocenters. The van der Waals surface area contributed by atoms with E-state index >= 15 is 0 Å². The Balaban J connectivity index is 1.38. The molecule has 3 aliphatic rings. The molecule has 1 saturated heterocycles. The number of benzene rings is 2. The lowest BCUT2D eigenvalue weighted by atomic mass is 9.60. The molecule has 1 aromatic heterocycles. The van der Waals surface area contributed by atoms with Gasteiger partial charge in [0.05, 0.1) is 36.8 Å². The molecule has 0 radical (unpaired) electrons. The molecule has 10 heteroatoms. The first-order chi connectivity index (χ1) is 19.5. The van der Waals surface area contributed by atoms with E-state index in [1.807, 2.05) is 60.8 Å². The Morgan fingerprint density at radius 2 is 1.98 bits per heavy atom. The summed E-state index contributed by atoms with van der Waals surface area (Å²) in [6, 6.07) is 16.9. The van der Waals surface area contributed by atoms with Crippen molar-refractivity contribution in [3.63, 3.8) is 0 Å². The number of hydrogen-bond acceptors (Lipinski definition) is 8. The number of nitrogens with zero attached hydrogens (tertiary/aromatic N) is 5. The Bertz CT molecular complexity index is 1450. The van der Waals surface area contributed by atoms with E-state index < -0.39 is 29.4 Å². The van der Waals surface area contributed by atoms with E-state index in [1.54, 1.807) is 9.58 Å². The molecule has 0 bridgehead atoms. The fourth-order valence-corrected chi connectivity index (χ4v) is 7.26. The van der Waals surface area contributed by atoms with Crippen molar-refractivity contribution in [3.8, 4) is 17.5 Å². The molecular formula is C30H32N6O4. The zero-order chi connectivity index (χ0) is 27.9. The number of nitriles is 1. The monoisotopic (exact) mass is 540 g/mol. The number of aliphatic hydroxyl groups is 1. The Morgan fingerprint density at radius 1 is 1.20 bits per heavy atom. The molecule has 2 fully saturated rings. The number of anilines is 1. The SMILES string of the molecule is COC(=O)[C@H]1[C@@H](O)CCC2CN(C#N)[C@H]([C@@]3(CCn4cc(-c5ccccc5)nn4)C(=O)Nc4ccccc43)C[C@@H]21. The van der Waals surface area contributed by atoms with E-state index in [0.717, 1.165) is 22.5 Å². The zero-order valence-electron chi connectivity index (χ0n) is 22.3. The molecule has 3 aromatic rings. The number of aryl methyl sites for hydroxylation is 1. The summed E-state index contributed by atoms with van der Waals surface area (Å²) >= 11 is 0. The number of carbonyl (C=O) groups is 2. The van der Waals surface area contributed by atoms with E-state index in [9.17, 15) is 20.0 Å². The fourth-order valence-electron chi connectivity index (χ4n) is 7.26. The molecule has 1 aliphatic carbocycles. The number of hydrogen-bond donors (Lipinski definition) is 2. The number of methoxy groups -OCH3 is 1. The average Bonchev–Trinajstić information content (AvgIpc) is 3.58. The molecule has 40 heavy (non-hydrogen) atoms. The number of fused-ring (bicyclic) bond motifs is 2. The first kappa shape index (κ1) is 26.0. The van der Waals surface area contributed by atoms with Crippen molar-refractivity contribution in [2.75, 3.05) is 19.0 Å². The largest absolute Gasteiger partial charge is 0.469 e. The topological polar surface area (TPSA) is 133 Å². The highest BCUT2D eigenvalue weighted by molar-refractivity contribution is 6.07. The molecule has 6 atom stereocenters. The number of piperidine rings is 1. The first-order valence-corrected chi connectivity index (χ1v) is 13.7. The summed E-state index contributed by atoms with van der Waals surface area (Å²) in [5.41, 5.74) is 2.18. The van der Waals surface area contributed by atoms with Gasteiger partial charge in [0.1, 0.15) is 5.69 Å². The minimum atomic E-state index is -1.07. The molecule has 1 amide bonds. The van der Waals surface area contributed by atoms with Gasteiger partial charge in [0.15, 0.2) is 6.19 Å². The maximum Gasteiger partial charge on any atom is 0.311 e. The molecule has 2 aliphatic heterocycles. The quantitative estimate of drug-likeness (QED) is 0.360. The lowest BCUT2D eigenvalue weighted by Crippen LogP contribution is -2.61. The van der Waals surface area contributed by atoms with Crippen LogP contribution in [0.25, 0.3) is 11.3 Å². The van der Waals surface area contributed by atoms with Crippen LogP contribution in [0.15, 0.2) is 60.8 Å². The standard InChI is InChI=1S/C30H32N6O4/c1-40-28(38)27-21-15-26(35(18-31)16-20(21)11-12-25(27)37)30(22-9-5-6-10-23(22)32-29(30)39)13-14-36-17-24(33-34-36)19-7-3-2-4-8-19/h2-10,17,20-21,25-27,37H,11-16H2,1H3,(H,32,39)/t20?,21-,25-,26-,27+,30-/m0/s1. The van der Waals surface area contributed by atoms with Crippen LogP contribution in [0, 0.1) is 29.2 Å². The summed E-state index contributed by atoms with van der Waals surface area (Å²) in [5, 5.41) is 32.9. The number of esters is 1. The minimum Gasteiger partial charge on any atom is -0.469 e. The predicted octanol–water partition coefficient (Wildman–Crippen LogP) is 2.96. The number of aliphatic hydroxyl groups excluding tert-OH is 1. The van der Waals surface area contributed by atoms with Gasteiger partial charge in [0.2, 0.25) is 5.91 Å². The molecule has 3 heterocycles. The smallest absolute Gasteiger partial charge is 0.311 e. The number of amides is 1. The van der Waals surface area contributed by atoms with Gasteiger partial charge in [0.25, 0.3) is 0 Å². The fraction of sp³-hybridized carbons (Fsp3) is 0.433. The number of rotatable bonds is 6. The van der Waals surface area contributed by atoms with Crippen LogP contribution >= 0.6 is 0 Å². The summed E-state index contributed by atoms with van der Waals surface area (Å²) in [6.07, 6.45) is 5.40. The van der Waals surface area contributed by atoms with Crippen LogP contribution in [0.5, 0.6) is 0 Å². The molecule has 206 valence electrons. The lowest BCUT2D eigenvalue weighted by Gasteiger charge is -2.52. The Kier molecular flexibility index (Phi) is 6.76. The van der Waals surface area contributed by atoms with Crippen LogP contribution in [0.2, 0.25) is 0 Å². The van der Waals surface area contributed by atoms with Gasteiger partial charge in [-0.05, 0) is 49.1 Å². The highest BCUT2D eigenvalue weighted by Gasteiger charge is 2.58. The highest BCUT2D eigenvalue weighted by atomic mass is 16.5. The number of aromatic nitrogens is 3. The van der Waals surface area contributed by atoms with E-state index in [0.29, 0.717) is 38.8 Å². The lowest BCUT2D eigenvalue weighted by molar-refractivity contribution is -0.160. The van der Waals surface area contributed by atoms with Crippen molar-refractivity contribution in [1.29, 1.82) is 5.26 Å². The van der Waals surface area contributed by atoms with E-state index in [4.69, 9.17) is 4.74 Å². The zero-order valence-corrected chi connectivity index (χ0v) is 22.3. The maximum absolute atomic E-state index is 14.0. The second kappa shape index (κ2) is 10.4. The number of ether oxygens (including phenoxy) is 1. The predicted molar refractivity (Wildman–Crippen MR) is 145 cm³/mol. The molecule has 1 saturated carbocycles. The van der Waals surface area contributed by atoms with E-state index in [-0.39, 0.29) is 17.7 Å². The van der Waals surface area contributed by atoms with Gasteiger partial charge in [-0.2, -0.15) is 5.26 Å². The van der Waals surface area contributed by atoms with E-state index in [1.165, 1.54) is 7.11 Å². The second-order valence-corrected chi connectivity index (χ2v) is 11.1. The Hall–Kier alpha value is -4.23. The van der Waals surface area contributed by atoms with Crippen LogP contribution < -0.4 is 5.32 Å². The third-order valence-corrected chi connectivity index (χ3v) is 9.19. The Morgan fingerprint density at radius 3 is 2.75 bits per heavy atom. The van der Waals surface area contributed by atoms with Crippen molar-refractivity contribution < 1.29 is 19.4 Å². The first-order valence-electron chi connectivity index (χ1n) is 13.7. The summed E-state index contributed by atoms with van der Waals surface area (Å²) in [4.78, 5) is 28.6. The maximum atomic E-state index is 14.0. The average molecular weight is 541 g/mol. The summed E-state index contributed by atoms with van der Waals surface area (Å²) in [6.45, 7) is 0.819. The third kappa shape index (κ3) is 4.21. The third-order valence-electron chi connectivity index (χ3n) is 9.19. The molecule has 6 rings (SSSR count). The van der Waals surface area contributed by atoms with Crippen LogP contribution in [0.4, 0.5) is 5.69 Å². The van der Waals surface area contributed by atoms with Gasteiger partial charge in [-0.15, -0.1) is 5.10 Å². The summed E-state index contributed by atoms with van der Waals surface area (Å²) in [5.74, 6) is -1.46. The Labute approximate surface area is 232 Å². The molecule has 0 spiro atoms. The normalized spacial score (nSPS) is 29.2. The number of para-hydroxylation sites is 1. The van der Waals surface area contributed by atoms with Crippen LogP contribution in [0.3, 0.4) is 0 Å². The van der Waals surface area contributed by atoms with Crippen molar-refractivity contribution in [3.05, 3.63) is 66.4 Å². The van der Waals surface area contributed by atoms with Crippen LogP contribution in [-0.4, -0.2) is 62.7 Å². The van der Waals surface area contributed by atoms with Crippen LogP contribution in [-0.2, 0) is 26.3 Å². The van der Waals surface area contributed by atoms with Crippen LogP contribution in [0.1, 0.15) is 31.2 Å². The molecule has 2 N–H and O–H groups in total. The van der Waals surface area contributed by atoms with Crippen molar-refractivity contribution in [2.24, 2.45) is 17.8 Å². The van der Waals surface area contributed by atoms with Crippen molar-refractivity contribution >= 4 is 17.6 Å². The van der Waals surface area contributed by atoms with Gasteiger partial charge < -0.3 is 20.1 Å². The molecule has 2 aromatic carbocycles. The number of carbonyl (C=O) groups excluding carboxylic acids is 2. The molecule has 10 nitrogen and oxygen atoms in total. The van der Waals surface area contributed by atoms with Gasteiger partial charge in [-0.25, -0.2) is 0 Å². The minimum absolute atomic E-state index is 0.0453. The summed E-state index contributed by atoms with van der Waals surface area (Å²) < 4.78 is 6.83. The number of nitrogens with one attached hydrogen (secondary N) is 1.